The molecule has 0 atom stereocenters. The first-order valence-electron chi connectivity index (χ1n) is 8.76. The van der Waals surface area contributed by atoms with Crippen LogP contribution >= 0.6 is 23.4 Å². The lowest BCUT2D eigenvalue weighted by atomic mass is 10.2. The molecule has 28 heavy (non-hydrogen) atoms. The number of thioether (sulfide) groups is 1. The highest BCUT2D eigenvalue weighted by Gasteiger charge is 2.19. The van der Waals surface area contributed by atoms with Gasteiger partial charge in [0.05, 0.1) is 18.4 Å². The summed E-state index contributed by atoms with van der Waals surface area (Å²) < 4.78 is 7.39. The first kappa shape index (κ1) is 20.2. The number of halogens is 1. The minimum Gasteiger partial charge on any atom is -0.496 e. The van der Waals surface area contributed by atoms with Crippen molar-refractivity contribution in [3.05, 3.63) is 53.6 Å². The normalized spacial score (nSPS) is 10.9. The highest BCUT2D eigenvalue weighted by molar-refractivity contribution is 7.99. The van der Waals surface area contributed by atoms with Gasteiger partial charge in [-0.3, -0.25) is 9.36 Å². The lowest BCUT2D eigenvalue weighted by molar-refractivity contribution is -0.119. The van der Waals surface area contributed by atoms with Crippen LogP contribution in [0.4, 0.5) is 0 Å². The summed E-state index contributed by atoms with van der Waals surface area (Å²) in [5, 5.41) is 12.8. The molecule has 0 aliphatic carbocycles. The van der Waals surface area contributed by atoms with Crippen LogP contribution in [-0.2, 0) is 4.79 Å². The van der Waals surface area contributed by atoms with E-state index in [-0.39, 0.29) is 17.7 Å². The summed E-state index contributed by atoms with van der Waals surface area (Å²) >= 11 is 7.38. The Labute approximate surface area is 173 Å². The molecule has 8 heteroatoms. The summed E-state index contributed by atoms with van der Waals surface area (Å²) in [5.74, 6) is 1.52. The molecule has 0 aliphatic heterocycles. The Hall–Kier alpha value is -2.51. The fourth-order valence-electron chi connectivity index (χ4n) is 2.68. The molecule has 3 aromatic rings. The highest BCUT2D eigenvalue weighted by atomic mass is 35.5. The van der Waals surface area contributed by atoms with Crippen molar-refractivity contribution in [3.63, 3.8) is 0 Å². The number of aromatic nitrogens is 3. The number of benzene rings is 2. The van der Waals surface area contributed by atoms with Crippen LogP contribution in [0.1, 0.15) is 13.8 Å². The lowest BCUT2D eigenvalue weighted by Crippen LogP contribution is -2.31. The van der Waals surface area contributed by atoms with Crippen molar-refractivity contribution < 1.29 is 9.53 Å². The van der Waals surface area contributed by atoms with Crippen LogP contribution in [0.2, 0.25) is 5.02 Å². The smallest absolute Gasteiger partial charge is 0.230 e. The minimum atomic E-state index is -0.0514. The fourth-order valence-corrected chi connectivity index (χ4v) is 3.57. The van der Waals surface area contributed by atoms with Crippen LogP contribution in [0, 0.1) is 0 Å². The molecule has 0 spiro atoms. The zero-order valence-electron chi connectivity index (χ0n) is 15.8. The topological polar surface area (TPSA) is 69.0 Å². The number of carbonyl (C=O) groups excluding carboxylic acids is 1. The number of ether oxygens (including phenoxy) is 1. The van der Waals surface area contributed by atoms with E-state index in [0.717, 1.165) is 11.3 Å². The molecule has 6 nitrogen and oxygen atoms in total. The van der Waals surface area contributed by atoms with Crippen LogP contribution in [0.25, 0.3) is 17.1 Å². The van der Waals surface area contributed by atoms with Crippen molar-refractivity contribution in [2.24, 2.45) is 0 Å². The van der Waals surface area contributed by atoms with Crippen molar-refractivity contribution in [2.45, 2.75) is 25.0 Å². The predicted octanol–water partition coefficient (Wildman–Crippen LogP) is 4.21. The van der Waals surface area contributed by atoms with Gasteiger partial charge >= 0.3 is 0 Å². The SMILES string of the molecule is COc1ccccc1-c1nnc(SCC(=O)NC(C)C)n1-c1ccc(Cl)cc1. The number of para-hydroxylation sites is 1. The average molecular weight is 417 g/mol. The van der Waals surface area contributed by atoms with Gasteiger partial charge in [-0.25, -0.2) is 0 Å². The highest BCUT2D eigenvalue weighted by Crippen LogP contribution is 2.33. The molecular formula is C20H21ClN4O2S. The number of amides is 1. The number of nitrogens with one attached hydrogen (secondary N) is 1. The van der Waals surface area contributed by atoms with Gasteiger partial charge in [0, 0.05) is 16.8 Å². The predicted molar refractivity (Wildman–Crippen MR) is 112 cm³/mol. The first-order valence-corrected chi connectivity index (χ1v) is 10.1. The Morgan fingerprint density at radius 2 is 1.89 bits per heavy atom. The Morgan fingerprint density at radius 1 is 1.18 bits per heavy atom. The molecular weight excluding hydrogens is 396 g/mol. The second kappa shape index (κ2) is 9.12. The molecule has 1 aromatic heterocycles. The maximum absolute atomic E-state index is 12.1. The summed E-state index contributed by atoms with van der Waals surface area (Å²) in [6.45, 7) is 3.86. The van der Waals surface area contributed by atoms with Crippen molar-refractivity contribution in [1.29, 1.82) is 0 Å². The van der Waals surface area contributed by atoms with Gasteiger partial charge in [-0.15, -0.1) is 10.2 Å². The standard InChI is InChI=1S/C20H21ClN4O2S/c1-13(2)22-18(26)12-28-20-24-23-19(16-6-4-5-7-17(16)27-3)25(20)15-10-8-14(21)9-11-15/h4-11,13H,12H2,1-3H3,(H,22,26). The van der Waals surface area contributed by atoms with Gasteiger partial charge in [-0.1, -0.05) is 35.5 Å². The van der Waals surface area contributed by atoms with Gasteiger partial charge < -0.3 is 10.1 Å². The third-order valence-electron chi connectivity index (χ3n) is 3.85. The molecule has 3 rings (SSSR count). The second-order valence-electron chi connectivity index (χ2n) is 6.33. The van der Waals surface area contributed by atoms with E-state index >= 15 is 0 Å². The van der Waals surface area contributed by atoms with Crippen molar-refractivity contribution >= 4 is 29.3 Å². The lowest BCUT2D eigenvalue weighted by Gasteiger charge is -2.13. The Kier molecular flexibility index (Phi) is 6.59. The first-order chi connectivity index (χ1) is 13.5. The number of methoxy groups -OCH3 is 1. The number of carbonyl (C=O) groups is 1. The van der Waals surface area contributed by atoms with Gasteiger partial charge in [0.25, 0.3) is 0 Å². The van der Waals surface area contributed by atoms with Gasteiger partial charge in [0.15, 0.2) is 11.0 Å². The zero-order valence-corrected chi connectivity index (χ0v) is 17.4. The van der Waals surface area contributed by atoms with Crippen molar-refractivity contribution in [1.82, 2.24) is 20.1 Å². The van der Waals surface area contributed by atoms with Crippen LogP contribution < -0.4 is 10.1 Å². The monoisotopic (exact) mass is 416 g/mol. The van der Waals surface area contributed by atoms with E-state index in [1.54, 1.807) is 7.11 Å². The maximum Gasteiger partial charge on any atom is 0.230 e. The molecule has 1 N–H and O–H groups in total. The summed E-state index contributed by atoms with van der Waals surface area (Å²) in [6, 6.07) is 15.1. The number of hydrogen-bond acceptors (Lipinski definition) is 5. The molecule has 146 valence electrons. The van der Waals surface area contributed by atoms with Gasteiger partial charge in [-0.05, 0) is 50.2 Å². The fraction of sp³-hybridized carbons (Fsp3) is 0.250. The maximum atomic E-state index is 12.1. The molecule has 1 heterocycles. The van der Waals surface area contributed by atoms with Crippen LogP contribution in [0.15, 0.2) is 53.7 Å². The Morgan fingerprint density at radius 3 is 2.57 bits per heavy atom. The summed E-state index contributed by atoms with van der Waals surface area (Å²) in [6.07, 6.45) is 0. The van der Waals surface area contributed by atoms with E-state index < -0.39 is 0 Å². The van der Waals surface area contributed by atoms with E-state index in [2.05, 4.69) is 15.5 Å². The van der Waals surface area contributed by atoms with Crippen LogP contribution in [0.5, 0.6) is 5.75 Å². The van der Waals surface area contributed by atoms with Gasteiger partial charge in [0.2, 0.25) is 5.91 Å². The molecule has 0 unspecified atom stereocenters. The molecule has 0 bridgehead atoms. The third kappa shape index (κ3) is 4.66. The van der Waals surface area contributed by atoms with E-state index in [0.29, 0.717) is 21.8 Å². The molecule has 0 radical (unpaired) electrons. The van der Waals surface area contributed by atoms with E-state index in [9.17, 15) is 4.79 Å². The number of nitrogens with zero attached hydrogens (tertiary/aromatic N) is 3. The summed E-state index contributed by atoms with van der Waals surface area (Å²) in [5.41, 5.74) is 1.66. The average Bonchev–Trinajstić information content (AvgIpc) is 3.10. The molecule has 0 fully saturated rings. The minimum absolute atomic E-state index is 0.0514. The molecule has 2 aromatic carbocycles. The van der Waals surface area contributed by atoms with Gasteiger partial charge in [-0.2, -0.15) is 0 Å². The quantitative estimate of drug-likeness (QED) is 0.584. The van der Waals surface area contributed by atoms with E-state index in [1.807, 2.05) is 66.9 Å². The molecule has 1 amide bonds. The number of hydrogen-bond donors (Lipinski definition) is 1. The van der Waals surface area contributed by atoms with Gasteiger partial charge in [0.1, 0.15) is 5.75 Å². The molecule has 0 aliphatic rings. The van der Waals surface area contributed by atoms with Crippen LogP contribution in [0.3, 0.4) is 0 Å². The van der Waals surface area contributed by atoms with Crippen LogP contribution in [-0.4, -0.2) is 39.6 Å². The van der Waals surface area contributed by atoms with Crippen molar-refractivity contribution in [2.75, 3.05) is 12.9 Å². The Bertz CT molecular complexity index is 957. The summed E-state index contributed by atoms with van der Waals surface area (Å²) in [4.78, 5) is 12.1. The third-order valence-corrected chi connectivity index (χ3v) is 5.03. The number of rotatable bonds is 7. The van der Waals surface area contributed by atoms with Crippen molar-refractivity contribution in [3.8, 4) is 22.8 Å². The van der Waals surface area contributed by atoms with E-state index in [4.69, 9.17) is 16.3 Å². The molecule has 0 saturated heterocycles. The summed E-state index contributed by atoms with van der Waals surface area (Å²) in [7, 11) is 1.62. The Balaban J connectivity index is 2.02. The van der Waals surface area contributed by atoms with E-state index in [1.165, 1.54) is 11.8 Å². The zero-order chi connectivity index (χ0) is 20.1. The second-order valence-corrected chi connectivity index (χ2v) is 7.71. The largest absolute Gasteiger partial charge is 0.496 e. The molecule has 0 saturated carbocycles.